The van der Waals surface area contributed by atoms with E-state index in [1.165, 1.54) is 22.1 Å². The van der Waals surface area contributed by atoms with E-state index in [4.69, 9.17) is 0 Å². The molecule has 0 spiro atoms. The third kappa shape index (κ3) is 6.22. The number of fused-ring (bicyclic) bond motifs is 1. The van der Waals surface area contributed by atoms with Gasteiger partial charge in [0.2, 0.25) is 0 Å². The molecule has 0 amide bonds. The van der Waals surface area contributed by atoms with Crippen molar-refractivity contribution in [2.75, 3.05) is 0 Å². The highest BCUT2D eigenvalue weighted by molar-refractivity contribution is 5.87. The van der Waals surface area contributed by atoms with Gasteiger partial charge in [0.25, 0.3) is 0 Å². The lowest BCUT2D eigenvalue weighted by molar-refractivity contribution is 0.471. The summed E-state index contributed by atoms with van der Waals surface area (Å²) in [7, 11) is 0. The topological polar surface area (TPSA) is 20.2 Å². The normalized spacial score (nSPS) is 12.5. The minimum atomic E-state index is 0.391. The number of hydrogen-bond donors (Lipinski definition) is 1. The fourth-order valence-corrected chi connectivity index (χ4v) is 3.15. The summed E-state index contributed by atoms with van der Waals surface area (Å²) in [6, 6.07) is 12.0. The molecule has 0 aliphatic carbocycles. The van der Waals surface area contributed by atoms with Gasteiger partial charge >= 0.3 is 0 Å². The van der Waals surface area contributed by atoms with E-state index in [-0.39, 0.29) is 0 Å². The Kier molecular flexibility index (Phi) is 7.72. The van der Waals surface area contributed by atoms with E-state index in [0.717, 1.165) is 43.1 Å². The van der Waals surface area contributed by atoms with Gasteiger partial charge in [-0.2, -0.15) is 0 Å². The van der Waals surface area contributed by atoms with Gasteiger partial charge in [0.05, 0.1) is 0 Å². The number of aromatic hydroxyl groups is 1. The molecule has 0 aliphatic rings. The first-order valence-electron chi connectivity index (χ1n) is 9.61. The summed E-state index contributed by atoms with van der Waals surface area (Å²) in [5, 5.41) is 12.6. The van der Waals surface area contributed by atoms with Gasteiger partial charge in [0, 0.05) is 5.56 Å². The van der Waals surface area contributed by atoms with Crippen LogP contribution < -0.4 is 0 Å². The van der Waals surface area contributed by atoms with E-state index in [0.29, 0.717) is 5.75 Å². The highest BCUT2D eigenvalue weighted by Gasteiger charge is 2.05. The number of phenols is 1. The van der Waals surface area contributed by atoms with Crippen molar-refractivity contribution < 1.29 is 5.11 Å². The largest absolute Gasteiger partial charge is 0.508 e. The van der Waals surface area contributed by atoms with Crippen molar-refractivity contribution in [3.05, 3.63) is 76.9 Å². The molecule has 0 saturated carbocycles. The Morgan fingerprint density at radius 3 is 2.19 bits per heavy atom. The van der Waals surface area contributed by atoms with Crippen molar-refractivity contribution >= 4 is 10.8 Å². The van der Waals surface area contributed by atoms with Gasteiger partial charge in [-0.25, -0.2) is 0 Å². The second-order valence-corrected chi connectivity index (χ2v) is 7.45. The fraction of sp³-hybridized carbons (Fsp3) is 0.360. The minimum Gasteiger partial charge on any atom is -0.508 e. The predicted octanol–water partition coefficient (Wildman–Crippen LogP) is 7.51. The van der Waals surface area contributed by atoms with Gasteiger partial charge in [0.1, 0.15) is 5.75 Å². The SMILES string of the molecule is CC(C)=CCC/C(C)=C/CC/C(C)=C/Cc1c(O)ccc2ccccc12. The van der Waals surface area contributed by atoms with Crippen molar-refractivity contribution in [1.29, 1.82) is 0 Å². The van der Waals surface area contributed by atoms with Gasteiger partial charge in [-0.15, -0.1) is 0 Å². The Morgan fingerprint density at radius 2 is 1.46 bits per heavy atom. The molecular weight excluding hydrogens is 316 g/mol. The maximum atomic E-state index is 10.2. The molecule has 0 unspecified atom stereocenters. The first-order chi connectivity index (χ1) is 12.5. The van der Waals surface area contributed by atoms with E-state index in [1.54, 1.807) is 6.07 Å². The number of hydrogen-bond acceptors (Lipinski definition) is 1. The summed E-state index contributed by atoms with van der Waals surface area (Å²) in [6.45, 7) is 8.72. The maximum Gasteiger partial charge on any atom is 0.119 e. The maximum absolute atomic E-state index is 10.2. The van der Waals surface area contributed by atoms with Gasteiger partial charge < -0.3 is 5.11 Å². The molecule has 0 heterocycles. The second-order valence-electron chi connectivity index (χ2n) is 7.45. The van der Waals surface area contributed by atoms with Gasteiger partial charge in [-0.3, -0.25) is 0 Å². The van der Waals surface area contributed by atoms with Crippen molar-refractivity contribution in [2.24, 2.45) is 0 Å². The quantitative estimate of drug-likeness (QED) is 0.489. The zero-order chi connectivity index (χ0) is 18.9. The third-order valence-electron chi connectivity index (χ3n) is 4.79. The van der Waals surface area contributed by atoms with Crippen LogP contribution in [0.15, 0.2) is 71.3 Å². The monoisotopic (exact) mass is 348 g/mol. The molecule has 1 nitrogen and oxygen atoms in total. The molecule has 26 heavy (non-hydrogen) atoms. The molecule has 2 aromatic carbocycles. The number of phenolic OH excluding ortho intramolecular Hbond substituents is 1. The average Bonchev–Trinajstić information content (AvgIpc) is 2.60. The lowest BCUT2D eigenvalue weighted by Crippen LogP contribution is -1.88. The molecule has 1 N–H and O–H groups in total. The van der Waals surface area contributed by atoms with Crippen LogP contribution in [0.2, 0.25) is 0 Å². The first kappa shape index (κ1) is 20.0. The van der Waals surface area contributed by atoms with Crippen LogP contribution in [0.4, 0.5) is 0 Å². The van der Waals surface area contributed by atoms with E-state index < -0.39 is 0 Å². The average molecular weight is 349 g/mol. The van der Waals surface area contributed by atoms with Crippen LogP contribution in [0.5, 0.6) is 5.75 Å². The second kappa shape index (κ2) is 10.0. The van der Waals surface area contributed by atoms with E-state index in [9.17, 15) is 5.11 Å². The molecule has 0 aliphatic heterocycles. The van der Waals surface area contributed by atoms with Gasteiger partial charge in [0.15, 0.2) is 0 Å². The first-order valence-corrected chi connectivity index (χ1v) is 9.61. The molecule has 1 heteroatoms. The van der Waals surface area contributed by atoms with Crippen LogP contribution >= 0.6 is 0 Å². The van der Waals surface area contributed by atoms with Crippen molar-refractivity contribution in [1.82, 2.24) is 0 Å². The smallest absolute Gasteiger partial charge is 0.119 e. The summed E-state index contributed by atoms with van der Waals surface area (Å²) < 4.78 is 0. The molecule has 0 aromatic heterocycles. The zero-order valence-corrected chi connectivity index (χ0v) is 16.7. The Labute approximate surface area is 158 Å². The summed E-state index contributed by atoms with van der Waals surface area (Å²) in [4.78, 5) is 0. The number of benzene rings is 2. The highest BCUT2D eigenvalue weighted by Crippen LogP contribution is 2.28. The van der Waals surface area contributed by atoms with Crippen LogP contribution in [-0.4, -0.2) is 5.11 Å². The van der Waals surface area contributed by atoms with Crippen molar-refractivity contribution in [3.8, 4) is 5.75 Å². The van der Waals surface area contributed by atoms with Crippen LogP contribution in [0.3, 0.4) is 0 Å². The summed E-state index contributed by atoms with van der Waals surface area (Å²) in [5.74, 6) is 0.391. The van der Waals surface area contributed by atoms with Crippen LogP contribution in [-0.2, 0) is 6.42 Å². The van der Waals surface area contributed by atoms with Crippen LogP contribution in [0, 0.1) is 0 Å². The summed E-state index contributed by atoms with van der Waals surface area (Å²) in [5.41, 5.74) is 5.27. The molecule has 2 aromatic rings. The highest BCUT2D eigenvalue weighted by atomic mass is 16.3. The van der Waals surface area contributed by atoms with E-state index >= 15 is 0 Å². The summed E-state index contributed by atoms with van der Waals surface area (Å²) in [6.07, 6.45) is 12.2. The lowest BCUT2D eigenvalue weighted by atomic mass is 9.99. The Balaban J connectivity index is 1.93. The van der Waals surface area contributed by atoms with Gasteiger partial charge in [-0.05, 0) is 76.6 Å². The van der Waals surface area contributed by atoms with Crippen LogP contribution in [0.25, 0.3) is 10.8 Å². The number of rotatable bonds is 8. The van der Waals surface area contributed by atoms with Crippen LogP contribution in [0.1, 0.15) is 58.9 Å². The van der Waals surface area contributed by atoms with E-state index in [2.05, 4.69) is 58.1 Å². The Morgan fingerprint density at radius 1 is 0.808 bits per heavy atom. The molecule has 0 fully saturated rings. The molecule has 0 saturated heterocycles. The molecular formula is C25H32O. The predicted molar refractivity (Wildman–Crippen MR) is 115 cm³/mol. The van der Waals surface area contributed by atoms with Gasteiger partial charge in [-0.1, -0.05) is 65.3 Å². The Hall–Kier alpha value is -2.28. The number of allylic oxidation sites excluding steroid dienone is 6. The molecule has 138 valence electrons. The molecule has 2 rings (SSSR count). The van der Waals surface area contributed by atoms with Crippen molar-refractivity contribution in [2.45, 2.75) is 59.8 Å². The fourth-order valence-electron chi connectivity index (χ4n) is 3.15. The molecule has 0 bridgehead atoms. The zero-order valence-electron chi connectivity index (χ0n) is 16.7. The lowest BCUT2D eigenvalue weighted by Gasteiger charge is -2.08. The molecule has 0 radical (unpaired) electrons. The minimum absolute atomic E-state index is 0.391. The van der Waals surface area contributed by atoms with E-state index in [1.807, 2.05) is 18.2 Å². The molecule has 0 atom stereocenters. The van der Waals surface area contributed by atoms with Crippen molar-refractivity contribution in [3.63, 3.8) is 0 Å². The Bertz CT molecular complexity index is 817. The summed E-state index contributed by atoms with van der Waals surface area (Å²) >= 11 is 0. The third-order valence-corrected chi connectivity index (χ3v) is 4.79. The standard InChI is InChI=1S/C25H32O/c1-19(2)9-7-10-20(3)11-8-12-21(4)15-17-24-23-14-6-5-13-22(23)16-18-25(24)26/h5-6,9,11,13-16,18,26H,7-8,10,12,17H2,1-4H3/b20-11+,21-15+.